The zero-order valence-electron chi connectivity index (χ0n) is 15.8. The number of pyridine rings is 1. The van der Waals surface area contributed by atoms with Gasteiger partial charge < -0.3 is 9.15 Å². The number of rotatable bonds is 5. The van der Waals surface area contributed by atoms with Gasteiger partial charge in [0.1, 0.15) is 5.82 Å². The molecule has 0 spiro atoms. The molecule has 0 fully saturated rings. The second-order valence-electron chi connectivity index (χ2n) is 6.25. The van der Waals surface area contributed by atoms with Crippen molar-refractivity contribution in [2.24, 2.45) is 0 Å². The molecule has 0 N–H and O–H groups in total. The molecule has 0 aliphatic carbocycles. The van der Waals surface area contributed by atoms with Crippen molar-refractivity contribution in [2.75, 3.05) is 7.11 Å². The summed E-state index contributed by atoms with van der Waals surface area (Å²) in [4.78, 5) is 34.2. The Kier molecular flexibility index (Phi) is 5.18. The maximum Gasteiger partial charge on any atom is 0.374 e. The third-order valence-corrected chi connectivity index (χ3v) is 5.40. The summed E-state index contributed by atoms with van der Waals surface area (Å²) in [6.07, 6.45) is 3.08. The van der Waals surface area contributed by atoms with Gasteiger partial charge in [-0.25, -0.2) is 19.3 Å². The predicted molar refractivity (Wildman–Crippen MR) is 109 cm³/mol. The van der Waals surface area contributed by atoms with E-state index in [1.807, 2.05) is 31.2 Å². The van der Waals surface area contributed by atoms with Gasteiger partial charge in [-0.1, -0.05) is 30.0 Å². The quantitative estimate of drug-likeness (QED) is 0.283. The van der Waals surface area contributed by atoms with E-state index in [0.717, 1.165) is 5.56 Å². The summed E-state index contributed by atoms with van der Waals surface area (Å²) in [6, 6.07) is 12.6. The number of carbonyl (C=O) groups is 1. The van der Waals surface area contributed by atoms with E-state index in [4.69, 9.17) is 9.15 Å². The Morgan fingerprint density at radius 1 is 1.21 bits per heavy atom. The van der Waals surface area contributed by atoms with Gasteiger partial charge in [0.05, 0.1) is 24.3 Å². The summed E-state index contributed by atoms with van der Waals surface area (Å²) >= 11 is 1.32. The number of thioether (sulfide) groups is 1. The first-order chi connectivity index (χ1) is 14.1. The van der Waals surface area contributed by atoms with Crippen LogP contribution in [0.5, 0.6) is 0 Å². The van der Waals surface area contributed by atoms with Crippen LogP contribution in [0.25, 0.3) is 16.7 Å². The number of benzene rings is 1. The Bertz CT molecular complexity index is 1260. The topological polar surface area (TPSA) is 87.2 Å². The van der Waals surface area contributed by atoms with Gasteiger partial charge in [-0.15, -0.1) is 0 Å². The van der Waals surface area contributed by atoms with Gasteiger partial charge in [-0.3, -0.25) is 4.79 Å². The maximum absolute atomic E-state index is 13.3. The minimum absolute atomic E-state index is 0.142. The highest BCUT2D eigenvalue weighted by Gasteiger charge is 2.19. The average molecular weight is 407 g/mol. The molecule has 3 aromatic heterocycles. The van der Waals surface area contributed by atoms with E-state index in [9.17, 15) is 9.59 Å². The second-order valence-corrected chi connectivity index (χ2v) is 7.19. The fourth-order valence-corrected chi connectivity index (χ4v) is 3.94. The van der Waals surface area contributed by atoms with Gasteiger partial charge in [-0.2, -0.15) is 0 Å². The van der Waals surface area contributed by atoms with Gasteiger partial charge in [0.2, 0.25) is 5.76 Å². The molecule has 146 valence electrons. The fourth-order valence-electron chi connectivity index (χ4n) is 2.97. The summed E-state index contributed by atoms with van der Waals surface area (Å²) in [7, 11) is 1.30. The van der Waals surface area contributed by atoms with Crippen molar-refractivity contribution in [1.82, 2.24) is 14.5 Å². The van der Waals surface area contributed by atoms with Crippen LogP contribution in [0.2, 0.25) is 0 Å². The first-order valence-electron chi connectivity index (χ1n) is 8.81. The van der Waals surface area contributed by atoms with Gasteiger partial charge in [-0.05, 0) is 36.8 Å². The van der Waals surface area contributed by atoms with Crippen LogP contribution in [0.15, 0.2) is 69.3 Å². The summed E-state index contributed by atoms with van der Waals surface area (Å²) < 4.78 is 11.5. The maximum atomic E-state index is 13.3. The normalized spacial score (nSPS) is 11.0. The molecule has 29 heavy (non-hydrogen) atoms. The number of aromatic nitrogens is 3. The molecule has 0 saturated carbocycles. The van der Waals surface area contributed by atoms with Crippen molar-refractivity contribution < 1.29 is 13.9 Å². The molecule has 0 radical (unpaired) electrons. The molecule has 0 unspecified atom stereocenters. The average Bonchev–Trinajstić information content (AvgIpc) is 3.21. The van der Waals surface area contributed by atoms with Crippen molar-refractivity contribution in [3.63, 3.8) is 0 Å². The molecule has 0 aliphatic rings. The highest BCUT2D eigenvalue weighted by Crippen LogP contribution is 2.27. The number of para-hydroxylation sites is 1. The molecule has 0 bridgehead atoms. The molecule has 4 aromatic rings. The molecule has 0 saturated heterocycles. The predicted octanol–water partition coefficient (Wildman–Crippen LogP) is 3.76. The van der Waals surface area contributed by atoms with E-state index in [-0.39, 0.29) is 11.3 Å². The fraction of sp³-hybridized carbons (Fsp3) is 0.143. The van der Waals surface area contributed by atoms with Crippen molar-refractivity contribution in [2.45, 2.75) is 17.8 Å². The van der Waals surface area contributed by atoms with Crippen molar-refractivity contribution in [3.8, 4) is 5.82 Å². The number of esters is 1. The molecular weight excluding hydrogens is 390 g/mol. The minimum atomic E-state index is -0.546. The van der Waals surface area contributed by atoms with Crippen LogP contribution in [0.3, 0.4) is 0 Å². The molecule has 0 aliphatic heterocycles. The summed E-state index contributed by atoms with van der Waals surface area (Å²) in [5, 5.41) is 0.993. The number of aryl methyl sites for hydroxylation is 1. The Labute approximate surface area is 170 Å². The molecule has 0 atom stereocenters. The molecule has 1 aromatic carbocycles. The van der Waals surface area contributed by atoms with Crippen LogP contribution in [-0.2, 0) is 10.5 Å². The van der Waals surface area contributed by atoms with Crippen molar-refractivity contribution in [3.05, 3.63) is 82.2 Å². The number of ether oxygens (including phenoxy) is 1. The number of fused-ring (bicyclic) bond motifs is 1. The molecule has 8 heteroatoms. The summed E-state index contributed by atoms with van der Waals surface area (Å²) in [5.74, 6) is 0.495. The lowest BCUT2D eigenvalue weighted by Crippen LogP contribution is -2.23. The van der Waals surface area contributed by atoms with E-state index >= 15 is 0 Å². The van der Waals surface area contributed by atoms with Crippen LogP contribution in [0, 0.1) is 6.92 Å². The lowest BCUT2D eigenvalue weighted by Gasteiger charge is -2.14. The third-order valence-electron chi connectivity index (χ3n) is 4.41. The number of carbonyl (C=O) groups excluding carboxylic acids is 1. The Hall–Kier alpha value is -3.39. The van der Waals surface area contributed by atoms with E-state index in [1.54, 1.807) is 24.4 Å². The highest BCUT2D eigenvalue weighted by molar-refractivity contribution is 7.98. The Balaban J connectivity index is 1.83. The zero-order chi connectivity index (χ0) is 20.4. The monoisotopic (exact) mass is 407 g/mol. The number of nitrogens with zero attached hydrogens (tertiary/aromatic N) is 3. The Morgan fingerprint density at radius 3 is 2.83 bits per heavy atom. The largest absolute Gasteiger partial charge is 0.463 e. The van der Waals surface area contributed by atoms with Crippen LogP contribution in [0.1, 0.15) is 21.7 Å². The van der Waals surface area contributed by atoms with Gasteiger partial charge in [0.25, 0.3) is 5.56 Å². The van der Waals surface area contributed by atoms with Gasteiger partial charge in [0, 0.05) is 17.5 Å². The van der Waals surface area contributed by atoms with Crippen LogP contribution in [-0.4, -0.2) is 27.6 Å². The molecule has 3 heterocycles. The van der Waals surface area contributed by atoms with Crippen molar-refractivity contribution >= 4 is 28.6 Å². The number of hydrogen-bond donors (Lipinski definition) is 0. The zero-order valence-corrected chi connectivity index (χ0v) is 16.6. The van der Waals surface area contributed by atoms with Gasteiger partial charge >= 0.3 is 5.97 Å². The molecule has 7 nitrogen and oxygen atoms in total. The highest BCUT2D eigenvalue weighted by atomic mass is 32.2. The van der Waals surface area contributed by atoms with Crippen molar-refractivity contribution in [1.29, 1.82) is 0 Å². The lowest BCUT2D eigenvalue weighted by molar-refractivity contribution is 0.0564. The standard InChI is InChI=1S/C21H17N3O4S/c1-13-6-5-10-22-18(13)24-19(25)15-7-3-4-8-16(15)23-21(24)29-12-14-9-11-28-17(14)20(26)27-2/h3-11H,12H2,1-2H3. The number of furan rings is 1. The van der Waals surface area contributed by atoms with E-state index in [0.29, 0.717) is 33.2 Å². The third kappa shape index (κ3) is 3.54. The number of hydrogen-bond acceptors (Lipinski definition) is 7. The van der Waals surface area contributed by atoms with Crippen LogP contribution < -0.4 is 5.56 Å². The van der Waals surface area contributed by atoms with Crippen LogP contribution >= 0.6 is 11.8 Å². The first-order valence-corrected chi connectivity index (χ1v) is 9.80. The van der Waals surface area contributed by atoms with E-state index in [1.165, 1.54) is 29.7 Å². The second kappa shape index (κ2) is 7.92. The Morgan fingerprint density at radius 2 is 2.03 bits per heavy atom. The molecule has 4 rings (SSSR count). The SMILES string of the molecule is COC(=O)c1occc1CSc1nc2ccccc2c(=O)n1-c1ncccc1C. The number of methoxy groups -OCH3 is 1. The summed E-state index contributed by atoms with van der Waals surface area (Å²) in [6.45, 7) is 1.89. The van der Waals surface area contributed by atoms with E-state index < -0.39 is 5.97 Å². The smallest absolute Gasteiger partial charge is 0.374 e. The lowest BCUT2D eigenvalue weighted by atomic mass is 10.2. The summed E-state index contributed by atoms with van der Waals surface area (Å²) in [5.41, 5.74) is 1.92. The molecule has 0 amide bonds. The minimum Gasteiger partial charge on any atom is -0.463 e. The molecular formula is C21H17N3O4S. The van der Waals surface area contributed by atoms with Gasteiger partial charge in [0.15, 0.2) is 5.16 Å². The van der Waals surface area contributed by atoms with Crippen LogP contribution in [0.4, 0.5) is 0 Å². The first kappa shape index (κ1) is 18.9. The van der Waals surface area contributed by atoms with E-state index in [2.05, 4.69) is 9.97 Å².